The minimum absolute atomic E-state index is 0.372. The molecular weight excluding hydrogens is 336 g/mol. The first kappa shape index (κ1) is 15.1. The smallest absolute Gasteiger partial charge is 0.345 e. The Morgan fingerprint density at radius 1 is 1.24 bits per heavy atom. The summed E-state index contributed by atoms with van der Waals surface area (Å²) in [4.78, 5) is 16.7. The molecule has 4 rings (SSSR count). The Bertz CT molecular complexity index is 1180. The first-order valence-electron chi connectivity index (χ1n) is 7.39. The molecule has 0 spiro atoms. The van der Waals surface area contributed by atoms with Crippen molar-refractivity contribution >= 4 is 34.0 Å². The van der Waals surface area contributed by atoms with Crippen LogP contribution in [0.25, 0.3) is 33.9 Å². The van der Waals surface area contributed by atoms with E-state index in [1.165, 1.54) is 17.6 Å². The zero-order valence-corrected chi connectivity index (χ0v) is 13.6. The number of benzene rings is 1. The second-order valence-electron chi connectivity index (χ2n) is 5.21. The fourth-order valence-corrected chi connectivity index (χ4v) is 3.20. The molecule has 0 saturated heterocycles. The second kappa shape index (κ2) is 6.23. The third-order valence-electron chi connectivity index (χ3n) is 3.60. The van der Waals surface area contributed by atoms with Gasteiger partial charge in [0.2, 0.25) is 0 Å². The summed E-state index contributed by atoms with van der Waals surface area (Å²) >= 11 is 1.29. The van der Waals surface area contributed by atoms with Crippen LogP contribution in [0.1, 0.15) is 10.8 Å². The van der Waals surface area contributed by atoms with E-state index in [1.807, 2.05) is 18.2 Å². The molecule has 0 radical (unpaired) electrons. The molecule has 3 heterocycles. The van der Waals surface area contributed by atoms with Crippen LogP contribution in [0, 0.1) is 11.3 Å². The number of nitriles is 1. The predicted octanol–water partition coefficient (Wildman–Crippen LogP) is 4.57. The normalized spacial score (nSPS) is 11.6. The minimum atomic E-state index is -0.455. The van der Waals surface area contributed by atoms with Crippen LogP contribution in [0.15, 0.2) is 67.7 Å². The number of aromatic nitrogens is 1. The van der Waals surface area contributed by atoms with Crippen LogP contribution >= 0.6 is 11.3 Å². The van der Waals surface area contributed by atoms with E-state index in [9.17, 15) is 10.1 Å². The van der Waals surface area contributed by atoms with Crippen LogP contribution in [0.3, 0.4) is 0 Å². The monoisotopic (exact) mass is 346 g/mol. The van der Waals surface area contributed by atoms with Crippen molar-refractivity contribution in [3.63, 3.8) is 0 Å². The average molecular weight is 346 g/mol. The van der Waals surface area contributed by atoms with Crippen LogP contribution in [-0.2, 0) is 0 Å². The van der Waals surface area contributed by atoms with E-state index in [0.29, 0.717) is 33.2 Å². The zero-order chi connectivity index (χ0) is 17.2. The summed E-state index contributed by atoms with van der Waals surface area (Å²) in [6.45, 7) is 0. The lowest BCUT2D eigenvalue weighted by molar-refractivity contribution is 0.557. The van der Waals surface area contributed by atoms with Gasteiger partial charge in [-0.2, -0.15) is 5.26 Å². The molecule has 0 amide bonds. The number of hydrogen-bond acceptors (Lipinski definition) is 6. The van der Waals surface area contributed by atoms with Crippen LogP contribution in [-0.4, -0.2) is 4.98 Å². The standard InChI is InChI=1S/C19H10N2O3S/c20-10-13(8-14-5-3-7-23-14)18-21-16(11-25-18)15-9-12-4-1-2-6-17(12)24-19(15)22/h1-9,11H. The van der Waals surface area contributed by atoms with E-state index in [-0.39, 0.29) is 0 Å². The van der Waals surface area contributed by atoms with Gasteiger partial charge in [-0.3, -0.25) is 0 Å². The Labute approximate surface area is 146 Å². The van der Waals surface area contributed by atoms with Gasteiger partial charge in [-0.05, 0) is 24.3 Å². The molecule has 25 heavy (non-hydrogen) atoms. The van der Waals surface area contributed by atoms with Crippen molar-refractivity contribution in [2.24, 2.45) is 0 Å². The van der Waals surface area contributed by atoms with Gasteiger partial charge in [0.1, 0.15) is 22.4 Å². The molecule has 0 fully saturated rings. The number of hydrogen-bond donors (Lipinski definition) is 0. The number of fused-ring (bicyclic) bond motifs is 1. The van der Waals surface area contributed by atoms with E-state index in [0.717, 1.165) is 5.39 Å². The van der Waals surface area contributed by atoms with Crippen LogP contribution < -0.4 is 5.63 Å². The maximum absolute atomic E-state index is 12.2. The SMILES string of the molecule is N#CC(=Cc1ccco1)c1nc(-c2cc3ccccc3oc2=O)cs1. The van der Waals surface area contributed by atoms with Crippen LogP contribution in [0.2, 0.25) is 0 Å². The minimum Gasteiger partial charge on any atom is -0.465 e. The molecule has 5 nitrogen and oxygen atoms in total. The number of nitrogens with zero attached hydrogens (tertiary/aromatic N) is 2. The summed E-state index contributed by atoms with van der Waals surface area (Å²) in [6, 6.07) is 14.7. The summed E-state index contributed by atoms with van der Waals surface area (Å²) < 4.78 is 10.6. The zero-order valence-electron chi connectivity index (χ0n) is 12.8. The first-order chi connectivity index (χ1) is 12.2. The average Bonchev–Trinajstić information content (AvgIpc) is 3.31. The lowest BCUT2D eigenvalue weighted by Gasteiger charge is -1.99. The molecule has 0 saturated carbocycles. The molecule has 120 valence electrons. The summed E-state index contributed by atoms with van der Waals surface area (Å²) in [5.41, 5.74) is 1.30. The van der Waals surface area contributed by atoms with Gasteiger partial charge in [0.15, 0.2) is 0 Å². The van der Waals surface area contributed by atoms with Crippen LogP contribution in [0.4, 0.5) is 0 Å². The molecule has 0 atom stereocenters. The van der Waals surface area contributed by atoms with Crippen molar-refractivity contribution in [1.29, 1.82) is 5.26 Å². The highest BCUT2D eigenvalue weighted by atomic mass is 32.1. The van der Waals surface area contributed by atoms with Crippen LogP contribution in [0.5, 0.6) is 0 Å². The van der Waals surface area contributed by atoms with E-state index in [1.54, 1.807) is 35.7 Å². The van der Waals surface area contributed by atoms with Crippen molar-refractivity contribution < 1.29 is 8.83 Å². The van der Waals surface area contributed by atoms with Crippen molar-refractivity contribution in [1.82, 2.24) is 4.98 Å². The van der Waals surface area contributed by atoms with Gasteiger partial charge in [-0.1, -0.05) is 18.2 Å². The number of rotatable bonds is 3. The molecule has 0 aliphatic heterocycles. The van der Waals surface area contributed by atoms with E-state index in [4.69, 9.17) is 8.83 Å². The Hall–Kier alpha value is -3.43. The number of para-hydroxylation sites is 1. The van der Waals surface area contributed by atoms with Gasteiger partial charge in [0, 0.05) is 16.8 Å². The van der Waals surface area contributed by atoms with Crippen molar-refractivity contribution in [2.45, 2.75) is 0 Å². The van der Waals surface area contributed by atoms with Crippen molar-refractivity contribution in [3.05, 3.63) is 75.3 Å². The fraction of sp³-hybridized carbons (Fsp3) is 0. The van der Waals surface area contributed by atoms with Crippen molar-refractivity contribution in [3.8, 4) is 17.3 Å². The fourth-order valence-electron chi connectivity index (χ4n) is 2.42. The Balaban J connectivity index is 1.78. The van der Waals surface area contributed by atoms with Gasteiger partial charge < -0.3 is 8.83 Å². The molecule has 0 bridgehead atoms. The third-order valence-corrected chi connectivity index (χ3v) is 4.48. The Kier molecular flexibility index (Phi) is 3.77. The molecule has 4 aromatic rings. The summed E-state index contributed by atoms with van der Waals surface area (Å²) in [6.07, 6.45) is 3.15. The third kappa shape index (κ3) is 2.89. The van der Waals surface area contributed by atoms with Gasteiger partial charge >= 0.3 is 5.63 Å². The van der Waals surface area contributed by atoms with E-state index >= 15 is 0 Å². The molecule has 0 unspecified atom stereocenters. The van der Waals surface area contributed by atoms with Gasteiger partial charge in [-0.25, -0.2) is 9.78 Å². The summed E-state index contributed by atoms with van der Waals surface area (Å²) in [7, 11) is 0. The highest BCUT2D eigenvalue weighted by Crippen LogP contribution is 2.27. The largest absolute Gasteiger partial charge is 0.465 e. The number of thiazole rings is 1. The summed E-state index contributed by atoms with van der Waals surface area (Å²) in [5, 5.41) is 12.5. The molecule has 3 aromatic heterocycles. The summed E-state index contributed by atoms with van der Waals surface area (Å²) in [5.74, 6) is 0.568. The molecule has 6 heteroatoms. The lowest BCUT2D eigenvalue weighted by atomic mass is 10.1. The topological polar surface area (TPSA) is 80.0 Å². The second-order valence-corrected chi connectivity index (χ2v) is 6.07. The maximum Gasteiger partial charge on any atom is 0.345 e. The van der Waals surface area contributed by atoms with E-state index in [2.05, 4.69) is 11.1 Å². The maximum atomic E-state index is 12.2. The molecule has 1 aromatic carbocycles. The van der Waals surface area contributed by atoms with Crippen molar-refractivity contribution in [2.75, 3.05) is 0 Å². The predicted molar refractivity (Wildman–Crippen MR) is 95.8 cm³/mol. The van der Waals surface area contributed by atoms with Gasteiger partial charge in [-0.15, -0.1) is 11.3 Å². The quantitative estimate of drug-likeness (QED) is 0.401. The molecular formula is C19H10N2O3S. The lowest BCUT2D eigenvalue weighted by Crippen LogP contribution is -2.02. The highest BCUT2D eigenvalue weighted by Gasteiger charge is 2.14. The molecule has 0 N–H and O–H groups in total. The Morgan fingerprint density at radius 2 is 2.12 bits per heavy atom. The van der Waals surface area contributed by atoms with E-state index < -0.39 is 5.63 Å². The Morgan fingerprint density at radius 3 is 2.92 bits per heavy atom. The highest BCUT2D eigenvalue weighted by molar-refractivity contribution is 7.11. The van der Waals surface area contributed by atoms with Gasteiger partial charge in [0.25, 0.3) is 0 Å². The number of allylic oxidation sites excluding steroid dienone is 1. The number of furan rings is 1. The molecule has 0 aliphatic carbocycles. The molecule has 0 aliphatic rings. The van der Waals surface area contributed by atoms with Gasteiger partial charge in [0.05, 0.1) is 23.1 Å². The first-order valence-corrected chi connectivity index (χ1v) is 8.27.